The number of carbonyl (C=O) groups excluding carboxylic acids is 1. The van der Waals surface area contributed by atoms with E-state index in [1.807, 2.05) is 54.6 Å². The number of hydrogen-bond acceptors (Lipinski definition) is 5. The fraction of sp³-hybridized carbons (Fsp3) is 0.447. The molecule has 0 N–H and O–H groups in total. The molecule has 3 aromatic carbocycles. The molecule has 5 nitrogen and oxygen atoms in total. The van der Waals surface area contributed by atoms with Crippen molar-refractivity contribution in [2.24, 2.45) is 17.3 Å². The van der Waals surface area contributed by atoms with E-state index in [0.717, 1.165) is 55.2 Å². The Hall–Kier alpha value is -3.25. The lowest BCUT2D eigenvalue weighted by atomic mass is 9.58. The molecule has 0 radical (unpaired) electrons. The van der Waals surface area contributed by atoms with Crippen molar-refractivity contribution in [1.82, 2.24) is 0 Å². The zero-order valence-electron chi connectivity index (χ0n) is 25.1. The van der Waals surface area contributed by atoms with Crippen molar-refractivity contribution in [2.75, 3.05) is 19.8 Å². The molecule has 3 fully saturated rings. The highest BCUT2D eigenvalue weighted by atomic mass is 16.7. The minimum Gasteiger partial charge on any atom is -0.460 e. The summed E-state index contributed by atoms with van der Waals surface area (Å²) in [5.41, 5.74) is 3.37. The fourth-order valence-corrected chi connectivity index (χ4v) is 8.84. The van der Waals surface area contributed by atoms with Crippen LogP contribution in [-0.2, 0) is 29.3 Å². The van der Waals surface area contributed by atoms with Crippen molar-refractivity contribution in [3.8, 4) is 0 Å². The van der Waals surface area contributed by atoms with Crippen LogP contribution in [-0.4, -0.2) is 37.7 Å². The molecular formula is C38H42O5. The molecule has 3 aliphatic carbocycles. The number of esters is 1. The molecule has 4 atom stereocenters. The molecule has 1 aliphatic heterocycles. The largest absolute Gasteiger partial charge is 0.460 e. The lowest BCUT2D eigenvalue weighted by Gasteiger charge is -2.51. The van der Waals surface area contributed by atoms with Crippen LogP contribution in [0.3, 0.4) is 0 Å². The summed E-state index contributed by atoms with van der Waals surface area (Å²) in [6, 6.07) is 30.5. The molecule has 1 spiro atoms. The third-order valence-corrected chi connectivity index (χ3v) is 10.6. The molecule has 224 valence electrons. The number of ether oxygens (including phenoxy) is 4. The molecule has 43 heavy (non-hydrogen) atoms. The first-order chi connectivity index (χ1) is 21.0. The first-order valence-electron chi connectivity index (χ1n) is 16.0. The van der Waals surface area contributed by atoms with E-state index >= 15 is 0 Å². The lowest BCUT2D eigenvalue weighted by molar-refractivity contribution is -0.228. The van der Waals surface area contributed by atoms with E-state index in [1.54, 1.807) is 0 Å². The Morgan fingerprint density at radius 3 is 2.00 bits per heavy atom. The van der Waals surface area contributed by atoms with Gasteiger partial charge in [0, 0.05) is 24.7 Å². The second kappa shape index (κ2) is 11.7. The number of rotatable bonds is 7. The summed E-state index contributed by atoms with van der Waals surface area (Å²) in [4.78, 5) is 13.9. The maximum absolute atomic E-state index is 13.9. The van der Waals surface area contributed by atoms with Crippen molar-refractivity contribution in [3.05, 3.63) is 119 Å². The zero-order valence-corrected chi connectivity index (χ0v) is 25.1. The Kier molecular flexibility index (Phi) is 7.75. The van der Waals surface area contributed by atoms with Crippen LogP contribution in [0.4, 0.5) is 0 Å². The van der Waals surface area contributed by atoms with E-state index in [9.17, 15) is 4.79 Å². The van der Waals surface area contributed by atoms with E-state index in [0.29, 0.717) is 13.2 Å². The smallest absolute Gasteiger partial charge is 0.332 e. The van der Waals surface area contributed by atoms with E-state index in [4.69, 9.17) is 18.9 Å². The van der Waals surface area contributed by atoms with Crippen molar-refractivity contribution in [1.29, 1.82) is 0 Å². The highest BCUT2D eigenvalue weighted by molar-refractivity contribution is 5.71. The summed E-state index contributed by atoms with van der Waals surface area (Å²) >= 11 is 0. The van der Waals surface area contributed by atoms with Crippen molar-refractivity contribution < 1.29 is 23.7 Å². The van der Waals surface area contributed by atoms with Crippen LogP contribution in [0.2, 0.25) is 0 Å². The van der Waals surface area contributed by atoms with Crippen LogP contribution >= 0.6 is 0 Å². The molecule has 1 saturated heterocycles. The molecule has 1 heterocycles. The van der Waals surface area contributed by atoms with Gasteiger partial charge < -0.3 is 18.9 Å². The summed E-state index contributed by atoms with van der Waals surface area (Å²) in [5, 5.41) is 0. The highest BCUT2D eigenvalue weighted by Gasteiger charge is 2.64. The average molecular weight is 579 g/mol. The predicted molar refractivity (Wildman–Crippen MR) is 165 cm³/mol. The van der Waals surface area contributed by atoms with Crippen LogP contribution in [0, 0.1) is 17.3 Å². The summed E-state index contributed by atoms with van der Waals surface area (Å²) in [7, 11) is 0. The summed E-state index contributed by atoms with van der Waals surface area (Å²) in [5.74, 6) is -0.434. The average Bonchev–Trinajstić information content (AvgIpc) is 3.66. The highest BCUT2D eigenvalue weighted by Crippen LogP contribution is 2.64. The van der Waals surface area contributed by atoms with Gasteiger partial charge in [0.25, 0.3) is 0 Å². The van der Waals surface area contributed by atoms with Crippen LogP contribution in [0.25, 0.3) is 0 Å². The van der Waals surface area contributed by atoms with Gasteiger partial charge >= 0.3 is 5.97 Å². The van der Waals surface area contributed by atoms with E-state index < -0.39 is 11.4 Å². The quantitative estimate of drug-likeness (QED) is 0.164. The van der Waals surface area contributed by atoms with Gasteiger partial charge in [-0.05, 0) is 54.7 Å². The van der Waals surface area contributed by atoms with Crippen molar-refractivity contribution in [2.45, 2.75) is 69.4 Å². The normalized spacial score (nSPS) is 29.2. The maximum Gasteiger partial charge on any atom is 0.332 e. The molecule has 4 aliphatic rings. The maximum atomic E-state index is 13.9. The fourth-order valence-electron chi connectivity index (χ4n) is 8.84. The van der Waals surface area contributed by atoms with Gasteiger partial charge in [-0.1, -0.05) is 109 Å². The lowest BCUT2D eigenvalue weighted by Crippen LogP contribution is -2.52. The van der Waals surface area contributed by atoms with Gasteiger partial charge in [-0.25, -0.2) is 4.79 Å². The van der Waals surface area contributed by atoms with Crippen molar-refractivity contribution >= 4 is 5.97 Å². The molecule has 2 saturated carbocycles. The van der Waals surface area contributed by atoms with Crippen LogP contribution < -0.4 is 0 Å². The number of hydrogen-bond donors (Lipinski definition) is 0. The van der Waals surface area contributed by atoms with Crippen molar-refractivity contribution in [3.63, 3.8) is 0 Å². The predicted octanol–water partition coefficient (Wildman–Crippen LogP) is 7.59. The van der Waals surface area contributed by atoms with Gasteiger partial charge in [0.15, 0.2) is 5.79 Å². The van der Waals surface area contributed by atoms with Gasteiger partial charge in [-0.2, -0.15) is 0 Å². The standard InChI is InChI=1S/C38H42O5/c1-28-19-21-36-20-11-18-32(35(36)37(23-22-36)40-24-25-41-37)33(26-28)43-34(39)27-42-38(29-12-5-2-6-13-29,30-14-7-3-8-15-30)31-16-9-4-10-17-31/h2-10,12-17,19,32-33,35H,11,18,20-27H2,1H3/b28-19-/t32?,33-,35?,36?/m1/s1. The Labute approximate surface area is 255 Å². The Bertz CT molecular complexity index is 1330. The molecule has 2 bridgehead atoms. The van der Waals surface area contributed by atoms with E-state index in [-0.39, 0.29) is 35.9 Å². The summed E-state index contributed by atoms with van der Waals surface area (Å²) in [6.45, 7) is 3.31. The van der Waals surface area contributed by atoms with Gasteiger partial charge in [0.05, 0.1) is 13.2 Å². The first kappa shape index (κ1) is 28.5. The van der Waals surface area contributed by atoms with E-state index in [2.05, 4.69) is 49.4 Å². The van der Waals surface area contributed by atoms with E-state index in [1.165, 1.54) is 12.0 Å². The summed E-state index contributed by atoms with van der Waals surface area (Å²) in [6.07, 6.45) is 9.35. The van der Waals surface area contributed by atoms with Crippen LogP contribution in [0.1, 0.15) is 68.6 Å². The third kappa shape index (κ3) is 5.05. The first-order valence-corrected chi connectivity index (χ1v) is 16.0. The van der Waals surface area contributed by atoms with Crippen LogP contribution in [0.5, 0.6) is 0 Å². The van der Waals surface area contributed by atoms with Gasteiger partial charge in [-0.3, -0.25) is 0 Å². The number of carbonyl (C=O) groups is 1. The number of benzene rings is 3. The Morgan fingerprint density at radius 2 is 1.42 bits per heavy atom. The molecule has 0 amide bonds. The van der Waals surface area contributed by atoms with Gasteiger partial charge in [0.1, 0.15) is 18.3 Å². The molecule has 5 heteroatoms. The third-order valence-electron chi connectivity index (χ3n) is 10.6. The second-order valence-corrected chi connectivity index (χ2v) is 13.0. The minimum absolute atomic E-state index is 0.152. The number of allylic oxidation sites excluding steroid dienone is 1. The summed E-state index contributed by atoms with van der Waals surface area (Å²) < 4.78 is 26.1. The SMILES string of the molecule is C/C1=C/CC23CCCC(C2C2(CC3)OCCO2)[C@H](OC(=O)COC(c2ccccc2)(c2ccccc2)c2ccccc2)C1. The monoisotopic (exact) mass is 578 g/mol. The Balaban J connectivity index is 1.20. The molecule has 0 aromatic heterocycles. The topological polar surface area (TPSA) is 54.0 Å². The van der Waals surface area contributed by atoms with Crippen LogP contribution in [0.15, 0.2) is 103 Å². The second-order valence-electron chi connectivity index (χ2n) is 13.0. The molecule has 3 unspecified atom stereocenters. The van der Waals surface area contributed by atoms with Gasteiger partial charge in [0.2, 0.25) is 0 Å². The Morgan fingerprint density at radius 1 is 0.837 bits per heavy atom. The molecule has 3 aromatic rings. The van der Waals surface area contributed by atoms with Gasteiger partial charge in [-0.15, -0.1) is 0 Å². The minimum atomic E-state index is -0.972. The molecule has 7 rings (SSSR count). The molecular weight excluding hydrogens is 536 g/mol. The zero-order chi connectivity index (χ0) is 29.3.